The molecule has 0 radical (unpaired) electrons. The number of nitrogens with zero attached hydrogens (tertiary/aromatic N) is 1. The Morgan fingerprint density at radius 3 is 2.35 bits per heavy atom. The van der Waals surface area contributed by atoms with E-state index in [0.717, 1.165) is 19.5 Å². The van der Waals surface area contributed by atoms with Gasteiger partial charge in [0.25, 0.3) is 0 Å². The van der Waals surface area contributed by atoms with Crippen molar-refractivity contribution in [2.24, 2.45) is 0 Å². The van der Waals surface area contributed by atoms with Gasteiger partial charge in [0.05, 0.1) is 0 Å². The van der Waals surface area contributed by atoms with Crippen molar-refractivity contribution in [3.05, 3.63) is 0 Å². The van der Waals surface area contributed by atoms with Gasteiger partial charge in [-0.1, -0.05) is 27.2 Å². The Morgan fingerprint density at radius 2 is 1.82 bits per heavy atom. The van der Waals surface area contributed by atoms with E-state index in [9.17, 15) is 4.79 Å². The summed E-state index contributed by atoms with van der Waals surface area (Å²) in [5.41, 5.74) is 0. The summed E-state index contributed by atoms with van der Waals surface area (Å²) >= 11 is 0. The predicted molar refractivity (Wildman–Crippen MR) is 73.3 cm³/mol. The molecule has 4 nitrogen and oxygen atoms in total. The maximum Gasteiger partial charge on any atom is 0.245 e. The second kappa shape index (κ2) is 15.4. The molecule has 0 unspecified atom stereocenters. The summed E-state index contributed by atoms with van der Waals surface area (Å²) in [6, 6.07) is 0. The molecule has 0 aromatic carbocycles. The molecule has 17 heavy (non-hydrogen) atoms. The lowest BCUT2D eigenvalue weighted by atomic mass is 10.3. The topological polar surface area (TPSA) is 41.6 Å². The molecule has 4 heteroatoms. The average molecular weight is 246 g/mol. The first-order valence-corrected chi connectivity index (χ1v) is 6.67. The van der Waals surface area contributed by atoms with Crippen molar-refractivity contribution in [2.45, 2.75) is 40.0 Å². The van der Waals surface area contributed by atoms with Gasteiger partial charge in [0.15, 0.2) is 0 Å². The number of nitrogens with one attached hydrogen (secondary N) is 1. The van der Waals surface area contributed by atoms with E-state index < -0.39 is 0 Å². The van der Waals surface area contributed by atoms with Crippen LogP contribution in [0.4, 0.5) is 0 Å². The molecule has 0 atom stereocenters. The Hall–Kier alpha value is -0.610. The first kappa shape index (κ1) is 18.7. The molecule has 0 saturated heterocycles. The first-order chi connectivity index (χ1) is 8.20. The van der Waals surface area contributed by atoms with Gasteiger partial charge >= 0.3 is 0 Å². The third-order valence-corrected chi connectivity index (χ3v) is 2.23. The molecule has 0 fully saturated rings. The van der Waals surface area contributed by atoms with Crippen LogP contribution in [0, 0.1) is 0 Å². The van der Waals surface area contributed by atoms with Crippen LogP contribution in [-0.2, 0) is 9.53 Å². The van der Waals surface area contributed by atoms with Crippen LogP contribution >= 0.6 is 0 Å². The number of amides is 1. The number of unbranched alkanes of at least 4 members (excludes halogenated alkanes) is 1. The predicted octanol–water partition coefficient (Wildman–Crippen LogP) is 1.90. The molecule has 0 aromatic rings. The van der Waals surface area contributed by atoms with Crippen molar-refractivity contribution >= 4 is 5.91 Å². The molecule has 0 aliphatic carbocycles. The van der Waals surface area contributed by atoms with Gasteiger partial charge in [0, 0.05) is 20.2 Å². The molecular formula is C13H30N2O2. The monoisotopic (exact) mass is 246 g/mol. The number of ether oxygens (including phenoxy) is 1. The summed E-state index contributed by atoms with van der Waals surface area (Å²) < 4.78 is 5.20. The maximum absolute atomic E-state index is 10.8. The van der Waals surface area contributed by atoms with Crippen LogP contribution in [0.1, 0.15) is 40.0 Å². The molecule has 0 aromatic heterocycles. The first-order valence-electron chi connectivity index (χ1n) is 6.67. The normalized spacial score (nSPS) is 9.76. The van der Waals surface area contributed by atoms with Gasteiger partial charge in [-0.2, -0.15) is 0 Å². The lowest BCUT2D eigenvalue weighted by Crippen LogP contribution is -2.25. The molecule has 0 bridgehead atoms. The van der Waals surface area contributed by atoms with Gasteiger partial charge in [-0.05, 0) is 26.4 Å². The maximum atomic E-state index is 10.8. The van der Waals surface area contributed by atoms with Crippen molar-refractivity contribution in [2.75, 3.05) is 40.4 Å². The minimum absolute atomic E-state index is 0.0608. The summed E-state index contributed by atoms with van der Waals surface area (Å²) in [7, 11) is 3.73. The second-order valence-electron chi connectivity index (χ2n) is 3.74. The fourth-order valence-electron chi connectivity index (χ4n) is 1.21. The molecular weight excluding hydrogens is 216 g/mol. The van der Waals surface area contributed by atoms with Crippen molar-refractivity contribution in [1.29, 1.82) is 0 Å². The summed E-state index contributed by atoms with van der Waals surface area (Å²) in [6.07, 6.45) is 3.46. The van der Waals surface area contributed by atoms with Crippen molar-refractivity contribution in [3.63, 3.8) is 0 Å². The van der Waals surface area contributed by atoms with E-state index in [1.807, 2.05) is 13.8 Å². The summed E-state index contributed by atoms with van der Waals surface area (Å²) in [5, 5.41) is 2.52. The molecule has 0 spiro atoms. The van der Waals surface area contributed by atoms with Gasteiger partial charge in [-0.15, -0.1) is 0 Å². The molecule has 1 N–H and O–H groups in total. The van der Waals surface area contributed by atoms with Crippen LogP contribution in [-0.4, -0.2) is 51.2 Å². The fourth-order valence-corrected chi connectivity index (χ4v) is 1.21. The Bertz CT molecular complexity index is 163. The summed E-state index contributed by atoms with van der Waals surface area (Å²) in [5.74, 6) is -0.0608. The van der Waals surface area contributed by atoms with E-state index in [4.69, 9.17) is 4.74 Å². The van der Waals surface area contributed by atoms with E-state index in [2.05, 4.69) is 24.2 Å². The fraction of sp³-hybridized carbons (Fsp3) is 0.923. The van der Waals surface area contributed by atoms with E-state index in [0.29, 0.717) is 6.61 Å². The molecule has 0 saturated carbocycles. The van der Waals surface area contributed by atoms with E-state index in [1.54, 1.807) is 7.05 Å². The third-order valence-electron chi connectivity index (χ3n) is 2.23. The summed E-state index contributed by atoms with van der Waals surface area (Å²) in [4.78, 5) is 13.1. The lowest BCUT2D eigenvalue weighted by Gasteiger charge is -2.15. The highest BCUT2D eigenvalue weighted by Gasteiger charge is 1.99. The van der Waals surface area contributed by atoms with Crippen LogP contribution in [0.25, 0.3) is 0 Å². The smallest absolute Gasteiger partial charge is 0.245 e. The zero-order valence-corrected chi connectivity index (χ0v) is 12.2. The zero-order valence-electron chi connectivity index (χ0n) is 12.2. The van der Waals surface area contributed by atoms with Gasteiger partial charge < -0.3 is 15.0 Å². The molecule has 0 aliphatic heterocycles. The third kappa shape index (κ3) is 15.4. The lowest BCUT2D eigenvalue weighted by molar-refractivity contribution is -0.125. The molecule has 0 aliphatic rings. The van der Waals surface area contributed by atoms with Gasteiger partial charge in [0.2, 0.25) is 5.91 Å². The Labute approximate surface area is 107 Å². The SMILES string of the molecule is CC.CCCCN(C)CCCOCC(=O)NC. The van der Waals surface area contributed by atoms with Gasteiger partial charge in [0.1, 0.15) is 6.61 Å². The number of hydrogen-bond donors (Lipinski definition) is 1. The minimum atomic E-state index is -0.0608. The quantitative estimate of drug-likeness (QED) is 0.632. The van der Waals surface area contributed by atoms with Gasteiger partial charge in [-0.25, -0.2) is 0 Å². The van der Waals surface area contributed by atoms with E-state index in [-0.39, 0.29) is 12.5 Å². The Balaban J connectivity index is 0. The molecule has 0 rings (SSSR count). The standard InChI is InChI=1S/C11H24N2O2.C2H6/c1-4-5-7-13(3)8-6-9-15-10-11(14)12-2;1-2/h4-10H2,1-3H3,(H,12,14);1-2H3. The number of rotatable bonds is 9. The van der Waals surface area contributed by atoms with Crippen LogP contribution in [0.2, 0.25) is 0 Å². The van der Waals surface area contributed by atoms with Crippen LogP contribution in [0.3, 0.4) is 0 Å². The van der Waals surface area contributed by atoms with Crippen LogP contribution in [0.5, 0.6) is 0 Å². The van der Waals surface area contributed by atoms with Crippen molar-refractivity contribution < 1.29 is 9.53 Å². The van der Waals surface area contributed by atoms with Crippen molar-refractivity contribution in [3.8, 4) is 0 Å². The Kier molecular flexibility index (Phi) is 17.0. The zero-order chi connectivity index (χ0) is 13.5. The Morgan fingerprint density at radius 1 is 1.24 bits per heavy atom. The number of carbonyl (C=O) groups excluding carboxylic acids is 1. The van der Waals surface area contributed by atoms with Gasteiger partial charge in [-0.3, -0.25) is 4.79 Å². The highest BCUT2D eigenvalue weighted by Crippen LogP contribution is 1.93. The largest absolute Gasteiger partial charge is 0.372 e. The van der Waals surface area contributed by atoms with E-state index >= 15 is 0 Å². The molecule has 1 amide bonds. The van der Waals surface area contributed by atoms with Crippen molar-refractivity contribution in [1.82, 2.24) is 10.2 Å². The average Bonchev–Trinajstić information content (AvgIpc) is 2.37. The van der Waals surface area contributed by atoms with Crippen LogP contribution < -0.4 is 5.32 Å². The molecule has 0 heterocycles. The minimum Gasteiger partial charge on any atom is -0.372 e. The highest BCUT2D eigenvalue weighted by molar-refractivity contribution is 5.76. The second-order valence-corrected chi connectivity index (χ2v) is 3.74. The number of hydrogen-bond acceptors (Lipinski definition) is 3. The van der Waals surface area contributed by atoms with E-state index in [1.165, 1.54) is 12.8 Å². The summed E-state index contributed by atoms with van der Waals surface area (Å²) in [6.45, 7) is 9.21. The highest BCUT2D eigenvalue weighted by atomic mass is 16.5. The van der Waals surface area contributed by atoms with Crippen LogP contribution in [0.15, 0.2) is 0 Å². The number of likely N-dealkylation sites (N-methyl/N-ethyl adjacent to an activating group) is 1. The molecule has 104 valence electrons. The number of carbonyl (C=O) groups is 1.